The second-order valence-electron chi connectivity index (χ2n) is 3.70. The summed E-state index contributed by atoms with van der Waals surface area (Å²) >= 11 is 0. The lowest BCUT2D eigenvalue weighted by atomic mass is 9.88. The van der Waals surface area contributed by atoms with E-state index in [2.05, 4.69) is 13.8 Å². The van der Waals surface area contributed by atoms with Crippen molar-refractivity contribution in [3.63, 3.8) is 0 Å². The first-order valence-corrected chi connectivity index (χ1v) is 4.49. The lowest BCUT2D eigenvalue weighted by molar-refractivity contribution is 0.0707. The van der Waals surface area contributed by atoms with E-state index in [9.17, 15) is 5.11 Å². The van der Waals surface area contributed by atoms with Crippen LogP contribution in [0.5, 0.6) is 0 Å². The summed E-state index contributed by atoms with van der Waals surface area (Å²) in [6, 6.07) is 0. The number of rotatable bonds is 2. The number of hydrogen-bond acceptors (Lipinski definition) is 2. The maximum atomic E-state index is 9.50. The van der Waals surface area contributed by atoms with Gasteiger partial charge in [-0.3, -0.25) is 0 Å². The molecule has 0 spiro atoms. The topological polar surface area (TPSA) is 40.5 Å². The molecule has 1 saturated carbocycles. The molecule has 2 N–H and O–H groups in total. The molecule has 0 saturated heterocycles. The van der Waals surface area contributed by atoms with Gasteiger partial charge in [-0.1, -0.05) is 20.3 Å². The van der Waals surface area contributed by atoms with Gasteiger partial charge in [0.2, 0.25) is 0 Å². The van der Waals surface area contributed by atoms with E-state index >= 15 is 0 Å². The van der Waals surface area contributed by atoms with Crippen LogP contribution in [0.4, 0.5) is 0 Å². The first kappa shape index (κ1) is 9.01. The molecule has 2 heteroatoms. The highest BCUT2D eigenvalue weighted by molar-refractivity contribution is 4.87. The molecule has 1 rings (SSSR count). The highest BCUT2D eigenvalue weighted by Gasteiger charge is 2.38. The Bertz CT molecular complexity index is 111. The van der Waals surface area contributed by atoms with Crippen molar-refractivity contribution in [1.29, 1.82) is 0 Å². The van der Waals surface area contributed by atoms with Gasteiger partial charge in [0.05, 0.1) is 6.10 Å². The van der Waals surface area contributed by atoms with E-state index in [1.807, 2.05) is 0 Å². The second-order valence-corrected chi connectivity index (χ2v) is 3.70. The lowest BCUT2D eigenvalue weighted by Gasteiger charge is -2.19. The van der Waals surface area contributed by atoms with Crippen LogP contribution in [0.3, 0.4) is 0 Å². The van der Waals surface area contributed by atoms with E-state index in [1.165, 1.54) is 0 Å². The maximum Gasteiger partial charge on any atom is 0.0595 e. The third kappa shape index (κ3) is 1.57. The third-order valence-electron chi connectivity index (χ3n) is 3.07. The first-order valence-electron chi connectivity index (χ1n) is 4.49. The Labute approximate surface area is 68.2 Å². The summed E-state index contributed by atoms with van der Waals surface area (Å²) in [5.41, 5.74) is 0. The van der Waals surface area contributed by atoms with Crippen LogP contribution >= 0.6 is 0 Å². The Balaban J connectivity index is 2.59. The number of aliphatic hydroxyl groups excluding tert-OH is 2. The van der Waals surface area contributed by atoms with Crippen molar-refractivity contribution in [3.05, 3.63) is 0 Å². The normalized spacial score (nSPS) is 44.7. The summed E-state index contributed by atoms with van der Waals surface area (Å²) < 4.78 is 0. The van der Waals surface area contributed by atoms with Gasteiger partial charge in [0, 0.05) is 12.5 Å². The van der Waals surface area contributed by atoms with Gasteiger partial charge in [-0.2, -0.15) is 0 Å². The Kier molecular flexibility index (Phi) is 2.90. The van der Waals surface area contributed by atoms with Gasteiger partial charge >= 0.3 is 0 Å². The van der Waals surface area contributed by atoms with Gasteiger partial charge in [-0.25, -0.2) is 0 Å². The largest absolute Gasteiger partial charge is 0.396 e. The predicted octanol–water partition coefficient (Wildman–Crippen LogP) is 1.02. The Morgan fingerprint density at radius 2 is 2.00 bits per heavy atom. The molecule has 2 nitrogen and oxygen atoms in total. The minimum absolute atomic E-state index is 0.134. The molecule has 1 aliphatic rings. The molecule has 0 radical (unpaired) electrons. The van der Waals surface area contributed by atoms with Crippen LogP contribution in [0.15, 0.2) is 0 Å². The predicted molar refractivity (Wildman–Crippen MR) is 44.1 cm³/mol. The zero-order valence-corrected chi connectivity index (χ0v) is 7.33. The van der Waals surface area contributed by atoms with Crippen molar-refractivity contribution in [2.24, 2.45) is 17.8 Å². The molecule has 0 aliphatic heterocycles. The molecular weight excluding hydrogens is 140 g/mol. The van der Waals surface area contributed by atoms with Gasteiger partial charge in [-0.05, 0) is 18.3 Å². The van der Waals surface area contributed by atoms with Crippen molar-refractivity contribution < 1.29 is 10.2 Å². The SMILES string of the molecule is CC[C@H]1[C@H](CO)[C@H](O)C[C@@H]1C. The average Bonchev–Trinajstić information content (AvgIpc) is 2.24. The standard InChI is InChI=1S/C9H18O2/c1-3-7-6(2)4-9(11)8(7)5-10/h6-11H,3-5H2,1-2H3/t6-,7+,8-,9+/m0/s1. The molecule has 0 unspecified atom stereocenters. The molecule has 0 heterocycles. The molecular formula is C9H18O2. The van der Waals surface area contributed by atoms with Crippen LogP contribution < -0.4 is 0 Å². The van der Waals surface area contributed by atoms with E-state index in [0.717, 1.165) is 12.8 Å². The summed E-state index contributed by atoms with van der Waals surface area (Å²) in [6.45, 7) is 4.43. The minimum Gasteiger partial charge on any atom is -0.396 e. The molecule has 0 aromatic heterocycles. The number of hydrogen-bond donors (Lipinski definition) is 2. The molecule has 1 fully saturated rings. The van der Waals surface area contributed by atoms with Crippen molar-refractivity contribution in [1.82, 2.24) is 0 Å². The monoisotopic (exact) mass is 158 g/mol. The van der Waals surface area contributed by atoms with E-state index in [0.29, 0.717) is 11.8 Å². The van der Waals surface area contributed by atoms with Crippen LogP contribution in [-0.2, 0) is 0 Å². The van der Waals surface area contributed by atoms with Crippen LogP contribution in [0.2, 0.25) is 0 Å². The quantitative estimate of drug-likeness (QED) is 0.630. The summed E-state index contributed by atoms with van der Waals surface area (Å²) in [6.07, 6.45) is 1.67. The highest BCUT2D eigenvalue weighted by atomic mass is 16.3. The van der Waals surface area contributed by atoms with Gasteiger partial charge in [-0.15, -0.1) is 0 Å². The van der Waals surface area contributed by atoms with Crippen molar-refractivity contribution in [3.8, 4) is 0 Å². The first-order chi connectivity index (χ1) is 5.20. The number of aliphatic hydroxyl groups is 2. The fourth-order valence-electron chi connectivity index (χ4n) is 2.40. The van der Waals surface area contributed by atoms with Gasteiger partial charge in [0.1, 0.15) is 0 Å². The Morgan fingerprint density at radius 3 is 2.36 bits per heavy atom. The summed E-state index contributed by atoms with van der Waals surface area (Å²) in [5, 5.41) is 18.5. The van der Waals surface area contributed by atoms with Crippen LogP contribution in [-0.4, -0.2) is 22.9 Å². The molecule has 0 aromatic rings. The fraction of sp³-hybridized carbons (Fsp3) is 1.00. The van der Waals surface area contributed by atoms with E-state index < -0.39 is 0 Å². The zero-order valence-electron chi connectivity index (χ0n) is 7.33. The third-order valence-corrected chi connectivity index (χ3v) is 3.07. The Hall–Kier alpha value is -0.0800. The molecule has 11 heavy (non-hydrogen) atoms. The van der Waals surface area contributed by atoms with Crippen molar-refractivity contribution >= 4 is 0 Å². The molecule has 0 bridgehead atoms. The highest BCUT2D eigenvalue weighted by Crippen LogP contribution is 2.38. The molecule has 0 amide bonds. The minimum atomic E-state index is -0.264. The van der Waals surface area contributed by atoms with Gasteiger partial charge < -0.3 is 10.2 Å². The molecule has 66 valence electrons. The molecule has 4 atom stereocenters. The molecule has 1 aliphatic carbocycles. The lowest BCUT2D eigenvalue weighted by Crippen LogP contribution is -2.23. The fourth-order valence-corrected chi connectivity index (χ4v) is 2.40. The summed E-state index contributed by atoms with van der Waals surface area (Å²) in [5.74, 6) is 1.23. The van der Waals surface area contributed by atoms with E-state index in [-0.39, 0.29) is 18.6 Å². The van der Waals surface area contributed by atoms with E-state index in [4.69, 9.17) is 5.11 Å². The Morgan fingerprint density at radius 1 is 1.36 bits per heavy atom. The summed E-state index contributed by atoms with van der Waals surface area (Å²) in [7, 11) is 0. The second kappa shape index (κ2) is 3.55. The van der Waals surface area contributed by atoms with Crippen LogP contribution in [0.1, 0.15) is 26.7 Å². The zero-order chi connectivity index (χ0) is 8.43. The van der Waals surface area contributed by atoms with Crippen molar-refractivity contribution in [2.75, 3.05) is 6.61 Å². The maximum absolute atomic E-state index is 9.50. The summed E-state index contributed by atoms with van der Waals surface area (Å²) in [4.78, 5) is 0. The van der Waals surface area contributed by atoms with Crippen LogP contribution in [0.25, 0.3) is 0 Å². The van der Waals surface area contributed by atoms with Gasteiger partial charge in [0.25, 0.3) is 0 Å². The van der Waals surface area contributed by atoms with Crippen molar-refractivity contribution in [2.45, 2.75) is 32.8 Å². The van der Waals surface area contributed by atoms with Gasteiger partial charge in [0.15, 0.2) is 0 Å². The average molecular weight is 158 g/mol. The molecule has 0 aromatic carbocycles. The van der Waals surface area contributed by atoms with E-state index in [1.54, 1.807) is 0 Å². The van der Waals surface area contributed by atoms with Crippen LogP contribution in [0, 0.1) is 17.8 Å². The smallest absolute Gasteiger partial charge is 0.0595 e.